The van der Waals surface area contributed by atoms with E-state index in [0.717, 1.165) is 0 Å². The van der Waals surface area contributed by atoms with Crippen LogP contribution in [0.2, 0.25) is 0 Å². The van der Waals surface area contributed by atoms with E-state index in [4.69, 9.17) is 14.0 Å². The Labute approximate surface area is 148 Å². The molecule has 0 spiro atoms. The van der Waals surface area contributed by atoms with Crippen LogP contribution >= 0.6 is 0 Å². The van der Waals surface area contributed by atoms with Crippen LogP contribution in [0.1, 0.15) is 47.5 Å². The summed E-state index contributed by atoms with van der Waals surface area (Å²) in [7, 11) is 0. The van der Waals surface area contributed by atoms with Crippen LogP contribution in [0.3, 0.4) is 0 Å². The van der Waals surface area contributed by atoms with Crippen molar-refractivity contribution in [1.29, 1.82) is 0 Å². The maximum atomic E-state index is 10.1. The van der Waals surface area contributed by atoms with Gasteiger partial charge in [0.1, 0.15) is 11.6 Å². The standard InChI is InChI=1S/2C5H6O4.C4H9O.Al/c2*1-3(6)2-4(7)5(8)9;1-4(2,3)5;/h2*2H2,1H3,(H,8,9);1-3H3;/q;;-1;+1. The number of aliphatic carboxylic acids is 2. The summed E-state index contributed by atoms with van der Waals surface area (Å²) in [6.07, 6.45) is -1.01. The lowest BCUT2D eigenvalue weighted by atomic mass is 10.2. The van der Waals surface area contributed by atoms with E-state index in [1.807, 2.05) is 20.8 Å². The fourth-order valence-corrected chi connectivity index (χ4v) is 0.603. The molecule has 9 nitrogen and oxygen atoms in total. The van der Waals surface area contributed by atoms with Crippen molar-refractivity contribution in [2.75, 3.05) is 0 Å². The molecule has 24 heavy (non-hydrogen) atoms. The summed E-state index contributed by atoms with van der Waals surface area (Å²) in [5.74, 6) is -6.06. The van der Waals surface area contributed by atoms with E-state index in [1.165, 1.54) is 13.8 Å². The molecule has 0 amide bonds. The molecule has 134 valence electrons. The first kappa shape index (κ1) is 27.0. The number of carbonyl (C=O) groups excluding carboxylic acids is 4. The summed E-state index contributed by atoms with van der Waals surface area (Å²) < 4.78 is 4.85. The Hall–Kier alpha value is -1.89. The van der Waals surface area contributed by atoms with Crippen LogP contribution in [0.4, 0.5) is 0 Å². The number of carbonyl (C=O) groups is 6. The molecular weight excluding hydrogens is 339 g/mol. The Kier molecular flexibility index (Phi) is 15.2. The first-order chi connectivity index (χ1) is 10.6. The molecule has 0 aromatic carbocycles. The van der Waals surface area contributed by atoms with E-state index in [0.29, 0.717) is 0 Å². The smallest absolute Gasteiger partial charge is 0.372 e. The topological polar surface area (TPSA) is 152 Å². The summed E-state index contributed by atoms with van der Waals surface area (Å²) in [5.41, 5.74) is 0.00463. The fourth-order valence-electron chi connectivity index (χ4n) is 0.603. The number of hydrogen-bond donors (Lipinski definition) is 2. The molecule has 0 fully saturated rings. The number of carboxylic acid groups (broad SMARTS) is 2. The van der Waals surface area contributed by atoms with Crippen molar-refractivity contribution in [2.45, 2.75) is 53.1 Å². The molecule has 2 N–H and O–H groups in total. The molecule has 10 heteroatoms. The molecule has 0 rings (SSSR count). The maximum Gasteiger partial charge on any atom is 0.372 e. The number of carboxylic acids is 2. The highest BCUT2D eigenvalue weighted by molar-refractivity contribution is 6.36. The number of ketones is 4. The van der Waals surface area contributed by atoms with Gasteiger partial charge >= 0.3 is 28.6 Å². The molecule has 0 saturated carbocycles. The zero-order valence-corrected chi connectivity index (χ0v) is 15.4. The first-order valence-electron chi connectivity index (χ1n) is 6.53. The van der Waals surface area contributed by atoms with E-state index < -0.39 is 47.9 Å². The summed E-state index contributed by atoms with van der Waals surface area (Å²) in [6, 6.07) is 0. The van der Waals surface area contributed by atoms with Crippen molar-refractivity contribution in [2.24, 2.45) is 0 Å². The van der Waals surface area contributed by atoms with Crippen LogP contribution in [-0.4, -0.2) is 67.5 Å². The van der Waals surface area contributed by atoms with Gasteiger partial charge in [0.25, 0.3) is 0 Å². The number of hydrogen-bond acceptors (Lipinski definition) is 7. The van der Waals surface area contributed by atoms with Gasteiger partial charge in [0, 0.05) is 5.60 Å². The van der Waals surface area contributed by atoms with Gasteiger partial charge in [-0.15, -0.1) is 0 Å². The summed E-state index contributed by atoms with van der Waals surface area (Å²) >= 11 is 2.22. The number of Topliss-reactive ketones (excluding diaryl/α,β-unsaturated/α-hetero) is 4. The largest absolute Gasteiger partial charge is 0.512 e. The monoisotopic (exact) mass is 360 g/mol. The van der Waals surface area contributed by atoms with Crippen LogP contribution in [0.5, 0.6) is 0 Å². The molecule has 0 aromatic rings. The SMILES string of the molecule is CC(=O)CC(=O)C(=O)O.CC(=O)CC(=O)C(=O)O.CC(C)(C)[O][Al]. The predicted molar refractivity (Wildman–Crippen MR) is 82.5 cm³/mol. The van der Waals surface area contributed by atoms with Gasteiger partial charge in [-0.3, -0.25) is 19.2 Å². The van der Waals surface area contributed by atoms with Crippen LogP contribution in [0, 0.1) is 0 Å². The quantitative estimate of drug-likeness (QED) is 0.382. The minimum Gasteiger partial charge on any atom is -0.512 e. The molecular formula is C14H21AlO9. The van der Waals surface area contributed by atoms with Gasteiger partial charge in [-0.1, -0.05) is 0 Å². The Morgan fingerprint density at radius 3 is 1.04 bits per heavy atom. The second kappa shape index (κ2) is 13.5. The van der Waals surface area contributed by atoms with Gasteiger partial charge in [-0.05, 0) is 34.6 Å². The average molecular weight is 360 g/mol. The first-order valence-corrected chi connectivity index (χ1v) is 7.00. The van der Waals surface area contributed by atoms with E-state index in [1.54, 1.807) is 0 Å². The van der Waals surface area contributed by atoms with Crippen molar-refractivity contribution >= 4 is 51.7 Å². The zero-order valence-electron chi connectivity index (χ0n) is 14.2. The van der Waals surface area contributed by atoms with Gasteiger partial charge in [0.2, 0.25) is 11.6 Å². The summed E-state index contributed by atoms with van der Waals surface area (Å²) in [4.78, 5) is 59.9. The van der Waals surface area contributed by atoms with E-state index in [2.05, 4.69) is 16.6 Å². The molecule has 0 atom stereocenters. The number of rotatable bonds is 6. The van der Waals surface area contributed by atoms with Gasteiger partial charge in [0.15, 0.2) is 0 Å². The summed E-state index contributed by atoms with van der Waals surface area (Å²) in [5, 5.41) is 15.9. The molecule has 2 radical (unpaired) electrons. The maximum absolute atomic E-state index is 10.1. The molecule has 0 aliphatic rings. The highest BCUT2D eigenvalue weighted by Gasteiger charge is 2.13. The highest BCUT2D eigenvalue weighted by atomic mass is 27.1. The lowest BCUT2D eigenvalue weighted by Gasteiger charge is -2.17. The van der Waals surface area contributed by atoms with Gasteiger partial charge in [0.05, 0.1) is 12.8 Å². The Balaban J connectivity index is -0.000000282. The zero-order chi connectivity index (χ0) is 20.1. The third-order valence-electron chi connectivity index (χ3n) is 1.65. The summed E-state index contributed by atoms with van der Waals surface area (Å²) in [6.45, 7) is 8.33. The highest BCUT2D eigenvalue weighted by Crippen LogP contribution is 2.01. The molecule has 0 unspecified atom stereocenters. The van der Waals surface area contributed by atoms with E-state index in [9.17, 15) is 28.8 Å². The Morgan fingerprint density at radius 2 is 1.00 bits per heavy atom. The third kappa shape index (κ3) is 25.1. The molecule has 0 saturated heterocycles. The molecule has 0 aliphatic heterocycles. The second-order valence-corrected chi connectivity index (χ2v) is 5.68. The van der Waals surface area contributed by atoms with Gasteiger partial charge in [-0.25, -0.2) is 9.59 Å². The van der Waals surface area contributed by atoms with E-state index >= 15 is 0 Å². The average Bonchev–Trinajstić information content (AvgIpc) is 2.37. The lowest BCUT2D eigenvalue weighted by Crippen LogP contribution is -2.16. The minimum absolute atomic E-state index is 0.00463. The van der Waals surface area contributed by atoms with Gasteiger partial charge < -0.3 is 14.0 Å². The molecule has 0 aromatic heterocycles. The fraction of sp³-hybridized carbons (Fsp3) is 0.571. The van der Waals surface area contributed by atoms with Crippen molar-refractivity contribution in [3.63, 3.8) is 0 Å². The van der Waals surface area contributed by atoms with Crippen molar-refractivity contribution in [1.82, 2.24) is 0 Å². The van der Waals surface area contributed by atoms with Crippen LogP contribution in [0.25, 0.3) is 0 Å². The van der Waals surface area contributed by atoms with Crippen molar-refractivity contribution < 1.29 is 42.8 Å². The van der Waals surface area contributed by atoms with Gasteiger partial charge in [-0.2, -0.15) is 0 Å². The normalized spacial score (nSPS) is 9.38. The van der Waals surface area contributed by atoms with E-state index in [-0.39, 0.29) is 5.60 Å². The Bertz CT molecular complexity index is 451. The van der Waals surface area contributed by atoms with Crippen molar-refractivity contribution in [3.8, 4) is 0 Å². The van der Waals surface area contributed by atoms with Crippen molar-refractivity contribution in [3.05, 3.63) is 0 Å². The molecule has 0 bridgehead atoms. The third-order valence-corrected chi connectivity index (χ3v) is 2.36. The molecule has 0 aliphatic carbocycles. The van der Waals surface area contributed by atoms with Crippen LogP contribution < -0.4 is 0 Å². The minimum atomic E-state index is -1.55. The Morgan fingerprint density at radius 1 is 0.792 bits per heavy atom. The lowest BCUT2D eigenvalue weighted by molar-refractivity contribution is -0.150. The second-order valence-electron chi connectivity index (χ2n) is 5.44. The van der Waals surface area contributed by atoms with Crippen LogP contribution in [-0.2, 0) is 32.6 Å². The predicted octanol–water partition coefficient (Wildman–Crippen LogP) is 0.123. The van der Waals surface area contributed by atoms with Crippen LogP contribution in [0.15, 0.2) is 0 Å². The molecule has 0 heterocycles.